The molecule has 4 nitrogen and oxygen atoms in total. The first kappa shape index (κ1) is 17.7. The van der Waals surface area contributed by atoms with Crippen LogP contribution in [0.4, 0.5) is 0 Å². The van der Waals surface area contributed by atoms with Crippen LogP contribution >= 0.6 is 0 Å². The van der Waals surface area contributed by atoms with Crippen molar-refractivity contribution in [1.29, 1.82) is 0 Å². The number of phenols is 4. The predicted molar refractivity (Wildman–Crippen MR) is 101 cm³/mol. The van der Waals surface area contributed by atoms with Crippen LogP contribution in [-0.4, -0.2) is 20.4 Å². The Morgan fingerprint density at radius 2 is 0.692 bits per heavy atom. The average Bonchev–Trinajstić information content (AvgIpc) is 2.64. The predicted octanol–water partition coefficient (Wildman–Crippen LogP) is 4.08. The molecular weight excluding hydrogens is 328 g/mol. The maximum absolute atomic E-state index is 9.54. The van der Waals surface area contributed by atoms with Crippen molar-refractivity contribution in [3.05, 3.63) is 82.9 Å². The monoisotopic (exact) mass is 350 g/mol. The number of hydrogen-bond acceptors (Lipinski definition) is 4. The fourth-order valence-corrected chi connectivity index (χ4v) is 2.90. The van der Waals surface area contributed by atoms with Gasteiger partial charge in [0, 0.05) is 0 Å². The summed E-state index contributed by atoms with van der Waals surface area (Å²) in [6.07, 6.45) is 3.30. The van der Waals surface area contributed by atoms with Gasteiger partial charge in [0.2, 0.25) is 0 Å². The van der Waals surface area contributed by atoms with Gasteiger partial charge in [-0.2, -0.15) is 0 Å². The van der Waals surface area contributed by atoms with Crippen molar-refractivity contribution in [3.8, 4) is 23.0 Å². The largest absolute Gasteiger partial charge is 0.504 e. The van der Waals surface area contributed by atoms with Gasteiger partial charge in [0.1, 0.15) is 0 Å². The Morgan fingerprint density at radius 3 is 1.04 bits per heavy atom. The third-order valence-electron chi connectivity index (χ3n) is 4.51. The minimum absolute atomic E-state index is 0.0851. The lowest BCUT2D eigenvalue weighted by Gasteiger charge is -2.07. The molecule has 0 saturated heterocycles. The van der Waals surface area contributed by atoms with Crippen LogP contribution in [0.3, 0.4) is 0 Å². The highest BCUT2D eigenvalue weighted by molar-refractivity contribution is 5.41. The van der Waals surface area contributed by atoms with Crippen LogP contribution in [0.1, 0.15) is 22.3 Å². The van der Waals surface area contributed by atoms with Crippen LogP contribution in [0.5, 0.6) is 23.0 Å². The summed E-state index contributed by atoms with van der Waals surface area (Å²) in [5.74, 6) is -0.365. The molecule has 0 spiro atoms. The molecule has 3 rings (SSSR count). The van der Waals surface area contributed by atoms with Crippen molar-refractivity contribution in [2.45, 2.75) is 25.7 Å². The maximum atomic E-state index is 9.54. The molecule has 0 aromatic heterocycles. The number of phenolic OH excluding ortho intramolecular Hbond substituents is 4. The van der Waals surface area contributed by atoms with Crippen molar-refractivity contribution in [2.75, 3.05) is 0 Å². The highest BCUT2D eigenvalue weighted by Crippen LogP contribution is 2.26. The van der Waals surface area contributed by atoms with E-state index in [4.69, 9.17) is 0 Å². The van der Waals surface area contributed by atoms with Crippen molar-refractivity contribution in [2.24, 2.45) is 0 Å². The summed E-state index contributed by atoms with van der Waals surface area (Å²) in [4.78, 5) is 0. The van der Waals surface area contributed by atoms with E-state index >= 15 is 0 Å². The minimum Gasteiger partial charge on any atom is -0.504 e. The minimum atomic E-state index is -0.0972. The first-order chi connectivity index (χ1) is 12.5. The summed E-state index contributed by atoms with van der Waals surface area (Å²) in [6, 6.07) is 18.2. The molecule has 4 heteroatoms. The normalized spacial score (nSPS) is 10.8. The topological polar surface area (TPSA) is 80.9 Å². The quantitative estimate of drug-likeness (QED) is 0.505. The standard InChI is InChI=1S/C22H22O4/c23-19-11-9-17(13-21(19)25)7-5-15-1-2-16(4-3-15)6-8-18-10-12-20(24)22(26)14-18/h1-4,9-14,23-26H,5-8H2. The van der Waals surface area contributed by atoms with Gasteiger partial charge in [0.25, 0.3) is 0 Å². The number of rotatable bonds is 6. The molecule has 0 bridgehead atoms. The van der Waals surface area contributed by atoms with Gasteiger partial charge in [-0.05, 0) is 72.2 Å². The Balaban J connectivity index is 1.54. The summed E-state index contributed by atoms with van der Waals surface area (Å²) in [5, 5.41) is 37.8. The van der Waals surface area contributed by atoms with Gasteiger partial charge >= 0.3 is 0 Å². The second kappa shape index (κ2) is 7.83. The van der Waals surface area contributed by atoms with Crippen molar-refractivity contribution in [1.82, 2.24) is 0 Å². The van der Waals surface area contributed by atoms with Crippen LogP contribution < -0.4 is 0 Å². The number of aryl methyl sites for hydroxylation is 4. The number of benzene rings is 3. The summed E-state index contributed by atoms with van der Waals surface area (Å²) < 4.78 is 0. The molecule has 3 aromatic carbocycles. The van der Waals surface area contributed by atoms with Crippen LogP contribution in [0.25, 0.3) is 0 Å². The average molecular weight is 350 g/mol. The van der Waals surface area contributed by atoms with Gasteiger partial charge in [-0.3, -0.25) is 0 Å². The van der Waals surface area contributed by atoms with Gasteiger partial charge in [0.05, 0.1) is 0 Å². The molecule has 0 aliphatic carbocycles. The number of aromatic hydroxyl groups is 4. The maximum Gasteiger partial charge on any atom is 0.157 e. The summed E-state index contributed by atoms with van der Waals surface area (Å²) in [7, 11) is 0. The van der Waals surface area contributed by atoms with Crippen molar-refractivity contribution in [3.63, 3.8) is 0 Å². The molecule has 0 atom stereocenters. The van der Waals surface area contributed by atoms with Crippen molar-refractivity contribution >= 4 is 0 Å². The Labute approximate surface area is 152 Å². The molecule has 4 N–H and O–H groups in total. The zero-order chi connectivity index (χ0) is 18.5. The van der Waals surface area contributed by atoms with E-state index in [1.807, 2.05) is 12.1 Å². The first-order valence-electron chi connectivity index (χ1n) is 8.61. The van der Waals surface area contributed by atoms with Gasteiger partial charge in [-0.15, -0.1) is 0 Å². The fourth-order valence-electron chi connectivity index (χ4n) is 2.90. The van der Waals surface area contributed by atoms with Crippen LogP contribution in [0.2, 0.25) is 0 Å². The Bertz CT molecular complexity index is 811. The summed E-state index contributed by atoms with van der Waals surface area (Å²) >= 11 is 0. The van der Waals surface area contributed by atoms with E-state index in [1.54, 1.807) is 12.1 Å². The van der Waals surface area contributed by atoms with Crippen LogP contribution in [0.15, 0.2) is 60.7 Å². The lowest BCUT2D eigenvalue weighted by Crippen LogP contribution is -1.94. The Hall–Kier alpha value is -3.14. The van der Waals surface area contributed by atoms with E-state index in [1.165, 1.54) is 23.3 Å². The van der Waals surface area contributed by atoms with Gasteiger partial charge in [-0.25, -0.2) is 0 Å². The van der Waals surface area contributed by atoms with Crippen LogP contribution in [0, 0.1) is 0 Å². The Morgan fingerprint density at radius 1 is 0.385 bits per heavy atom. The lowest BCUT2D eigenvalue weighted by molar-refractivity contribution is 0.403. The molecule has 0 amide bonds. The van der Waals surface area contributed by atoms with Crippen LogP contribution in [-0.2, 0) is 25.7 Å². The molecule has 0 saturated carbocycles. The molecule has 26 heavy (non-hydrogen) atoms. The smallest absolute Gasteiger partial charge is 0.157 e. The molecule has 0 aliphatic rings. The molecule has 0 radical (unpaired) electrons. The summed E-state index contributed by atoms with van der Waals surface area (Å²) in [6.45, 7) is 0. The van der Waals surface area contributed by atoms with Gasteiger partial charge in [0.15, 0.2) is 23.0 Å². The highest BCUT2D eigenvalue weighted by atomic mass is 16.3. The SMILES string of the molecule is Oc1ccc(CCc2ccc(CCc3ccc(O)c(O)c3)cc2)cc1O. The molecular formula is C22H22O4. The summed E-state index contributed by atoms with van der Waals surface area (Å²) in [5.41, 5.74) is 4.39. The van der Waals surface area contributed by atoms with E-state index < -0.39 is 0 Å². The van der Waals surface area contributed by atoms with E-state index in [0.717, 1.165) is 36.8 Å². The van der Waals surface area contributed by atoms with Crippen molar-refractivity contribution < 1.29 is 20.4 Å². The molecule has 0 unspecified atom stereocenters. The molecule has 0 heterocycles. The fraction of sp³-hybridized carbons (Fsp3) is 0.182. The molecule has 3 aromatic rings. The first-order valence-corrected chi connectivity index (χ1v) is 8.61. The Kier molecular flexibility index (Phi) is 5.32. The molecule has 0 fully saturated rings. The third-order valence-corrected chi connectivity index (χ3v) is 4.51. The van der Waals surface area contributed by atoms with E-state index in [9.17, 15) is 20.4 Å². The second-order valence-electron chi connectivity index (χ2n) is 6.46. The van der Waals surface area contributed by atoms with Gasteiger partial charge < -0.3 is 20.4 Å². The van der Waals surface area contributed by atoms with E-state index in [-0.39, 0.29) is 23.0 Å². The second-order valence-corrected chi connectivity index (χ2v) is 6.46. The molecule has 134 valence electrons. The lowest BCUT2D eigenvalue weighted by atomic mass is 10.00. The molecule has 0 aliphatic heterocycles. The highest BCUT2D eigenvalue weighted by Gasteiger charge is 2.03. The zero-order valence-corrected chi connectivity index (χ0v) is 14.4. The van der Waals surface area contributed by atoms with Gasteiger partial charge in [-0.1, -0.05) is 36.4 Å². The van der Waals surface area contributed by atoms with E-state index in [2.05, 4.69) is 24.3 Å². The number of hydrogen-bond donors (Lipinski definition) is 4. The zero-order valence-electron chi connectivity index (χ0n) is 14.4. The third kappa shape index (κ3) is 4.48. The van der Waals surface area contributed by atoms with E-state index in [0.29, 0.717) is 0 Å².